The van der Waals surface area contributed by atoms with Crippen molar-refractivity contribution in [3.8, 4) is 22.8 Å². The summed E-state index contributed by atoms with van der Waals surface area (Å²) in [6.07, 6.45) is 0. The van der Waals surface area contributed by atoms with Crippen molar-refractivity contribution in [1.82, 2.24) is 20.4 Å². The largest absolute Gasteiger partial charge is 0.368 e. The van der Waals surface area contributed by atoms with E-state index in [2.05, 4.69) is 20.4 Å². The van der Waals surface area contributed by atoms with Crippen LogP contribution in [0, 0.1) is 5.82 Å². The fraction of sp³-hybridized carbons (Fsp3) is 0.286. The lowest BCUT2D eigenvalue weighted by Gasteiger charge is -2.36. The second-order valence-electron chi connectivity index (χ2n) is 6.91. The molecule has 0 radical (unpaired) electrons. The number of rotatable bonds is 4. The molecular weight excluding hydrogens is 409 g/mol. The number of hydrogen-bond acceptors (Lipinski definition) is 5. The maximum Gasteiger partial charge on any atom is 0.317 e. The number of anilines is 1. The van der Waals surface area contributed by atoms with Gasteiger partial charge in [-0.15, -0.1) is 0 Å². The summed E-state index contributed by atoms with van der Waals surface area (Å²) in [6.45, 7) is 5.45. The van der Waals surface area contributed by atoms with Crippen molar-refractivity contribution in [3.05, 3.63) is 53.3 Å². The molecule has 0 aliphatic carbocycles. The molecule has 2 heterocycles. The van der Waals surface area contributed by atoms with E-state index in [0.29, 0.717) is 31.0 Å². The van der Waals surface area contributed by atoms with Gasteiger partial charge in [0.1, 0.15) is 5.82 Å². The number of nitrogens with one attached hydrogen (secondary N) is 1. The van der Waals surface area contributed by atoms with E-state index in [1.165, 1.54) is 12.1 Å². The number of urea groups is 1. The molecule has 0 atom stereocenters. The van der Waals surface area contributed by atoms with Crippen molar-refractivity contribution in [2.75, 3.05) is 37.6 Å². The topological polar surface area (TPSA) is 74.5 Å². The number of nitrogens with zero attached hydrogens (tertiary/aromatic N) is 4. The summed E-state index contributed by atoms with van der Waals surface area (Å²) in [5.74, 6) is 0.220. The Balaban J connectivity index is 1.43. The lowest BCUT2D eigenvalue weighted by molar-refractivity contribution is 0.195. The van der Waals surface area contributed by atoms with Gasteiger partial charge in [-0.3, -0.25) is 0 Å². The molecule has 3 aromatic rings. The summed E-state index contributed by atoms with van der Waals surface area (Å²) >= 11 is 5.83. The fourth-order valence-electron chi connectivity index (χ4n) is 3.34. The minimum atomic E-state index is -0.498. The van der Waals surface area contributed by atoms with Gasteiger partial charge >= 0.3 is 6.03 Å². The third kappa shape index (κ3) is 4.23. The highest BCUT2D eigenvalue weighted by Crippen LogP contribution is 2.27. The van der Waals surface area contributed by atoms with Gasteiger partial charge < -0.3 is 19.6 Å². The Hall–Kier alpha value is -3.13. The molecule has 30 heavy (non-hydrogen) atoms. The number of carbonyl (C=O) groups excluding carboxylic acids is 1. The summed E-state index contributed by atoms with van der Waals surface area (Å²) in [7, 11) is 0. The molecule has 0 spiro atoms. The van der Waals surface area contributed by atoms with E-state index in [0.717, 1.165) is 24.3 Å². The second kappa shape index (κ2) is 8.71. The molecule has 1 aliphatic rings. The molecule has 1 fully saturated rings. The molecule has 156 valence electrons. The molecule has 2 amide bonds. The summed E-state index contributed by atoms with van der Waals surface area (Å²) in [5, 5.41) is 6.85. The van der Waals surface area contributed by atoms with Gasteiger partial charge in [0.25, 0.3) is 5.89 Å². The zero-order valence-electron chi connectivity index (χ0n) is 16.4. The van der Waals surface area contributed by atoms with Crippen LogP contribution in [-0.2, 0) is 0 Å². The van der Waals surface area contributed by atoms with Crippen LogP contribution in [0.4, 0.5) is 14.9 Å². The van der Waals surface area contributed by atoms with Crippen LogP contribution in [0.5, 0.6) is 0 Å². The van der Waals surface area contributed by atoms with E-state index in [1.807, 2.05) is 36.1 Å². The van der Waals surface area contributed by atoms with Crippen LogP contribution in [0.2, 0.25) is 5.02 Å². The zero-order valence-corrected chi connectivity index (χ0v) is 17.2. The average Bonchev–Trinajstić information content (AvgIpc) is 3.26. The minimum absolute atomic E-state index is 0.00359. The monoisotopic (exact) mass is 429 g/mol. The predicted octanol–water partition coefficient (Wildman–Crippen LogP) is 4.05. The van der Waals surface area contributed by atoms with Crippen LogP contribution in [0.25, 0.3) is 22.8 Å². The van der Waals surface area contributed by atoms with Crippen molar-refractivity contribution >= 4 is 23.3 Å². The number of hydrogen-bond donors (Lipinski definition) is 1. The fourth-order valence-corrected chi connectivity index (χ4v) is 3.52. The Bertz CT molecular complexity index is 1030. The van der Waals surface area contributed by atoms with Crippen molar-refractivity contribution in [2.45, 2.75) is 6.92 Å². The van der Waals surface area contributed by atoms with Crippen LogP contribution in [0.1, 0.15) is 6.92 Å². The van der Waals surface area contributed by atoms with Crippen LogP contribution in [0.15, 0.2) is 47.0 Å². The molecule has 7 nitrogen and oxygen atoms in total. The summed E-state index contributed by atoms with van der Waals surface area (Å²) in [4.78, 5) is 20.4. The number of halogens is 2. The number of amides is 2. The molecule has 2 aromatic carbocycles. The van der Waals surface area contributed by atoms with Crippen molar-refractivity contribution in [2.24, 2.45) is 0 Å². The summed E-state index contributed by atoms with van der Waals surface area (Å²) in [5.41, 5.74) is 2.44. The van der Waals surface area contributed by atoms with Gasteiger partial charge in [0.2, 0.25) is 5.82 Å². The first-order chi connectivity index (χ1) is 14.5. The summed E-state index contributed by atoms with van der Waals surface area (Å²) < 4.78 is 18.7. The van der Waals surface area contributed by atoms with Crippen LogP contribution in [-0.4, -0.2) is 53.8 Å². The first kappa shape index (κ1) is 20.2. The smallest absolute Gasteiger partial charge is 0.317 e. The van der Waals surface area contributed by atoms with Gasteiger partial charge in [0, 0.05) is 49.5 Å². The summed E-state index contributed by atoms with van der Waals surface area (Å²) in [6, 6.07) is 12.1. The first-order valence-corrected chi connectivity index (χ1v) is 10.1. The number of benzene rings is 2. The zero-order chi connectivity index (χ0) is 21.1. The third-order valence-corrected chi connectivity index (χ3v) is 5.27. The molecule has 1 saturated heterocycles. The maximum atomic E-state index is 13.3. The van der Waals surface area contributed by atoms with Crippen LogP contribution < -0.4 is 10.2 Å². The van der Waals surface area contributed by atoms with E-state index < -0.39 is 5.82 Å². The third-order valence-electron chi connectivity index (χ3n) is 4.98. The van der Waals surface area contributed by atoms with Crippen molar-refractivity contribution in [3.63, 3.8) is 0 Å². The van der Waals surface area contributed by atoms with E-state index in [1.54, 1.807) is 6.07 Å². The normalized spacial score (nSPS) is 14.1. The van der Waals surface area contributed by atoms with Crippen LogP contribution >= 0.6 is 11.6 Å². The minimum Gasteiger partial charge on any atom is -0.368 e. The molecule has 1 aromatic heterocycles. The predicted molar refractivity (Wildman–Crippen MR) is 113 cm³/mol. The van der Waals surface area contributed by atoms with Crippen molar-refractivity contribution in [1.29, 1.82) is 0 Å². The molecule has 1 aliphatic heterocycles. The van der Waals surface area contributed by atoms with Gasteiger partial charge in [0.05, 0.1) is 5.02 Å². The van der Waals surface area contributed by atoms with Gasteiger partial charge in [0.15, 0.2) is 0 Å². The lowest BCUT2D eigenvalue weighted by Crippen LogP contribution is -2.51. The van der Waals surface area contributed by atoms with Gasteiger partial charge in [-0.25, -0.2) is 9.18 Å². The molecule has 1 N–H and O–H groups in total. The van der Waals surface area contributed by atoms with Crippen LogP contribution in [0.3, 0.4) is 0 Å². The Labute approximate surface area is 178 Å². The standard InChI is InChI=1S/C21H21ClFN5O2/c1-2-24-21(29)28-11-9-27(10-12-28)16-6-3-14(4-7-16)19-25-20(30-26-19)15-5-8-18(23)17(22)13-15/h3-8,13H,2,9-12H2,1H3,(H,24,29). The molecule has 0 unspecified atom stereocenters. The Morgan fingerprint density at radius 2 is 1.83 bits per heavy atom. The highest BCUT2D eigenvalue weighted by molar-refractivity contribution is 6.31. The average molecular weight is 430 g/mol. The van der Waals surface area contributed by atoms with E-state index in [9.17, 15) is 9.18 Å². The Morgan fingerprint density at radius 3 is 2.50 bits per heavy atom. The maximum absolute atomic E-state index is 13.3. The number of carbonyl (C=O) groups is 1. The van der Waals surface area contributed by atoms with E-state index >= 15 is 0 Å². The highest BCUT2D eigenvalue weighted by Gasteiger charge is 2.21. The Morgan fingerprint density at radius 1 is 1.13 bits per heavy atom. The molecule has 9 heteroatoms. The second-order valence-corrected chi connectivity index (χ2v) is 7.32. The number of piperazine rings is 1. The van der Waals surface area contributed by atoms with Crippen molar-refractivity contribution < 1.29 is 13.7 Å². The quantitative estimate of drug-likeness (QED) is 0.677. The van der Waals surface area contributed by atoms with E-state index in [4.69, 9.17) is 16.1 Å². The number of aromatic nitrogens is 2. The highest BCUT2D eigenvalue weighted by atomic mass is 35.5. The first-order valence-electron chi connectivity index (χ1n) is 9.72. The van der Waals surface area contributed by atoms with Gasteiger partial charge in [-0.1, -0.05) is 16.8 Å². The van der Waals surface area contributed by atoms with Gasteiger partial charge in [-0.2, -0.15) is 4.98 Å². The van der Waals surface area contributed by atoms with E-state index in [-0.39, 0.29) is 16.9 Å². The Kier molecular flexibility index (Phi) is 5.85. The van der Waals surface area contributed by atoms with Gasteiger partial charge in [-0.05, 0) is 49.4 Å². The lowest BCUT2D eigenvalue weighted by atomic mass is 10.1. The molecule has 4 rings (SSSR count). The molecular formula is C21H21ClFN5O2. The SMILES string of the molecule is CCNC(=O)N1CCN(c2ccc(-c3noc(-c4ccc(F)c(Cl)c4)n3)cc2)CC1. The molecule has 0 bridgehead atoms. The molecule has 0 saturated carbocycles.